The van der Waals surface area contributed by atoms with Gasteiger partial charge in [-0.3, -0.25) is 0 Å². The summed E-state index contributed by atoms with van der Waals surface area (Å²) in [6.45, 7) is 3.68. The first-order valence-electron chi connectivity index (χ1n) is 4.99. The lowest BCUT2D eigenvalue weighted by atomic mass is 9.90. The third-order valence-corrected chi connectivity index (χ3v) is 4.01. The number of aliphatic carboxylic acids is 1. The highest BCUT2D eigenvalue weighted by Gasteiger charge is 2.72. The summed E-state index contributed by atoms with van der Waals surface area (Å²) in [5.74, 6) is -0.865. The Labute approximate surface area is 98.5 Å². The minimum Gasteiger partial charge on any atom is -0.479 e. The Balaban J connectivity index is 0.000000606. The van der Waals surface area contributed by atoms with Crippen LogP contribution in [0.4, 0.5) is 0 Å². The molecule has 0 bridgehead atoms. The van der Waals surface area contributed by atoms with Crippen molar-refractivity contribution in [3.8, 4) is 0 Å². The minimum absolute atomic E-state index is 0.497. The molecule has 1 fully saturated rings. The van der Waals surface area contributed by atoms with Crippen LogP contribution in [-0.4, -0.2) is 28.9 Å². The Morgan fingerprint density at radius 3 is 2.50 bits per heavy atom. The Morgan fingerprint density at radius 2 is 2.19 bits per heavy atom. The maximum atomic E-state index is 11.1. The van der Waals surface area contributed by atoms with E-state index in [4.69, 9.17) is 14.9 Å². The van der Waals surface area contributed by atoms with Crippen molar-refractivity contribution < 1.29 is 19.7 Å². The second kappa shape index (κ2) is 4.53. The molecule has 1 aromatic rings. The molecule has 0 amide bonds. The number of epoxide rings is 1. The zero-order valence-corrected chi connectivity index (χ0v) is 10.4. The van der Waals surface area contributed by atoms with Crippen LogP contribution < -0.4 is 0 Å². The Morgan fingerprint density at radius 1 is 1.56 bits per heavy atom. The number of carboxylic acid groups (broad SMARTS) is 1. The predicted molar refractivity (Wildman–Crippen MR) is 61.6 cm³/mol. The summed E-state index contributed by atoms with van der Waals surface area (Å²) in [4.78, 5) is 12.1. The normalized spacial score (nSPS) is 31.5. The fourth-order valence-corrected chi connectivity index (χ4v) is 2.82. The SMILES string of the molecule is CCC1(C(=O)O)OC1(C)c1cccs1.CO. The summed E-state index contributed by atoms with van der Waals surface area (Å²) >= 11 is 1.54. The maximum absolute atomic E-state index is 11.1. The van der Waals surface area contributed by atoms with E-state index in [9.17, 15) is 4.79 Å². The van der Waals surface area contributed by atoms with E-state index in [0.29, 0.717) is 6.42 Å². The topological polar surface area (TPSA) is 70.1 Å². The first kappa shape index (κ1) is 13.2. The van der Waals surface area contributed by atoms with Gasteiger partial charge in [-0.15, -0.1) is 11.3 Å². The summed E-state index contributed by atoms with van der Waals surface area (Å²) in [7, 11) is 1.00. The van der Waals surface area contributed by atoms with Gasteiger partial charge in [-0.2, -0.15) is 0 Å². The first-order chi connectivity index (χ1) is 7.57. The smallest absolute Gasteiger partial charge is 0.339 e. The van der Waals surface area contributed by atoms with Crippen molar-refractivity contribution in [2.75, 3.05) is 7.11 Å². The maximum Gasteiger partial charge on any atom is 0.339 e. The molecule has 1 aliphatic heterocycles. The van der Waals surface area contributed by atoms with Crippen LogP contribution in [0.15, 0.2) is 17.5 Å². The number of carboxylic acids is 1. The molecule has 2 heterocycles. The standard InChI is InChI=1S/C10H12O3S.CH4O/c1-3-10(8(11)12)9(2,13-10)7-5-4-6-14-7;1-2/h4-6H,3H2,1-2H3,(H,11,12);2H,1H3. The molecule has 4 nitrogen and oxygen atoms in total. The molecule has 0 aromatic carbocycles. The van der Waals surface area contributed by atoms with Crippen molar-refractivity contribution in [2.24, 2.45) is 0 Å². The lowest BCUT2D eigenvalue weighted by Crippen LogP contribution is -2.30. The summed E-state index contributed by atoms with van der Waals surface area (Å²) in [5, 5.41) is 18.1. The van der Waals surface area contributed by atoms with E-state index < -0.39 is 17.2 Å². The fraction of sp³-hybridized carbons (Fsp3) is 0.545. The number of thiophene rings is 1. The van der Waals surface area contributed by atoms with Gasteiger partial charge >= 0.3 is 5.97 Å². The van der Waals surface area contributed by atoms with Gasteiger partial charge in [0.25, 0.3) is 0 Å². The highest BCUT2D eigenvalue weighted by Crippen LogP contribution is 2.58. The molecule has 0 radical (unpaired) electrons. The summed E-state index contributed by atoms with van der Waals surface area (Å²) in [5.41, 5.74) is -1.63. The molecule has 1 aromatic heterocycles. The summed E-state index contributed by atoms with van der Waals surface area (Å²) < 4.78 is 5.46. The quantitative estimate of drug-likeness (QED) is 0.796. The third kappa shape index (κ3) is 1.65. The minimum atomic E-state index is -1.00. The van der Waals surface area contributed by atoms with E-state index in [2.05, 4.69) is 0 Å². The van der Waals surface area contributed by atoms with Gasteiger partial charge in [-0.1, -0.05) is 13.0 Å². The zero-order valence-electron chi connectivity index (χ0n) is 9.56. The number of rotatable bonds is 3. The molecule has 2 rings (SSSR count). The third-order valence-electron chi connectivity index (χ3n) is 2.94. The van der Waals surface area contributed by atoms with Crippen LogP contribution in [-0.2, 0) is 15.1 Å². The molecule has 0 saturated carbocycles. The number of aliphatic hydroxyl groups excluding tert-OH is 1. The van der Waals surface area contributed by atoms with Crippen LogP contribution in [0.25, 0.3) is 0 Å². The van der Waals surface area contributed by atoms with Gasteiger partial charge in [-0.25, -0.2) is 4.79 Å². The number of carbonyl (C=O) groups is 1. The fourth-order valence-electron chi connectivity index (χ4n) is 1.93. The zero-order chi connectivity index (χ0) is 12.4. The van der Waals surface area contributed by atoms with Gasteiger partial charge in [0.05, 0.1) is 0 Å². The molecule has 0 spiro atoms. The van der Waals surface area contributed by atoms with Crippen LogP contribution in [0, 0.1) is 0 Å². The van der Waals surface area contributed by atoms with E-state index in [-0.39, 0.29) is 0 Å². The summed E-state index contributed by atoms with van der Waals surface area (Å²) in [6.07, 6.45) is 0.497. The van der Waals surface area contributed by atoms with Crippen molar-refractivity contribution >= 4 is 17.3 Å². The number of aliphatic hydroxyl groups is 1. The van der Waals surface area contributed by atoms with E-state index >= 15 is 0 Å². The van der Waals surface area contributed by atoms with E-state index in [1.54, 1.807) is 0 Å². The van der Waals surface area contributed by atoms with Gasteiger partial charge in [0.15, 0.2) is 5.60 Å². The second-order valence-corrected chi connectivity index (χ2v) is 4.55. The van der Waals surface area contributed by atoms with Gasteiger partial charge in [0, 0.05) is 12.0 Å². The lowest BCUT2D eigenvalue weighted by molar-refractivity contribution is -0.143. The molecule has 0 aliphatic carbocycles. The average Bonchev–Trinajstić information content (AvgIpc) is 2.71. The van der Waals surface area contributed by atoms with Crippen LogP contribution >= 0.6 is 11.3 Å². The van der Waals surface area contributed by atoms with Crippen molar-refractivity contribution in [1.82, 2.24) is 0 Å². The number of hydrogen-bond donors (Lipinski definition) is 2. The molecular weight excluding hydrogens is 228 g/mol. The van der Waals surface area contributed by atoms with Crippen LogP contribution in [0.2, 0.25) is 0 Å². The van der Waals surface area contributed by atoms with Crippen molar-refractivity contribution in [3.05, 3.63) is 22.4 Å². The molecule has 2 unspecified atom stereocenters. The second-order valence-electron chi connectivity index (χ2n) is 3.60. The average molecular weight is 244 g/mol. The lowest BCUT2D eigenvalue weighted by Gasteiger charge is -2.08. The van der Waals surface area contributed by atoms with Crippen LogP contribution in [0.3, 0.4) is 0 Å². The van der Waals surface area contributed by atoms with Gasteiger partial charge in [0.2, 0.25) is 0 Å². The Kier molecular flexibility index (Phi) is 3.72. The number of ether oxygens (including phenoxy) is 1. The van der Waals surface area contributed by atoms with Crippen LogP contribution in [0.1, 0.15) is 25.1 Å². The monoisotopic (exact) mass is 244 g/mol. The van der Waals surface area contributed by atoms with Crippen molar-refractivity contribution in [1.29, 1.82) is 0 Å². The van der Waals surface area contributed by atoms with E-state index in [1.165, 1.54) is 11.3 Å². The Hall–Kier alpha value is -0.910. The van der Waals surface area contributed by atoms with E-state index in [0.717, 1.165) is 12.0 Å². The molecule has 5 heteroatoms. The Bertz CT molecular complexity index is 362. The highest BCUT2D eigenvalue weighted by atomic mass is 32.1. The predicted octanol–water partition coefficient (Wildman–Crippen LogP) is 1.84. The largest absolute Gasteiger partial charge is 0.479 e. The highest BCUT2D eigenvalue weighted by molar-refractivity contribution is 7.10. The molecule has 1 saturated heterocycles. The van der Waals surface area contributed by atoms with Gasteiger partial charge in [-0.05, 0) is 24.8 Å². The first-order valence-corrected chi connectivity index (χ1v) is 5.87. The van der Waals surface area contributed by atoms with Crippen molar-refractivity contribution in [2.45, 2.75) is 31.5 Å². The molecule has 16 heavy (non-hydrogen) atoms. The molecular formula is C11H16O4S. The molecule has 90 valence electrons. The van der Waals surface area contributed by atoms with Gasteiger partial charge in [0.1, 0.15) is 5.60 Å². The molecule has 1 aliphatic rings. The van der Waals surface area contributed by atoms with Crippen LogP contribution in [0.5, 0.6) is 0 Å². The number of hydrogen-bond acceptors (Lipinski definition) is 4. The van der Waals surface area contributed by atoms with Gasteiger partial charge < -0.3 is 14.9 Å². The van der Waals surface area contributed by atoms with E-state index in [1.807, 2.05) is 31.4 Å². The molecule has 2 atom stereocenters. The molecule has 2 N–H and O–H groups in total. The van der Waals surface area contributed by atoms with Crippen molar-refractivity contribution in [3.63, 3.8) is 0 Å². The summed E-state index contributed by atoms with van der Waals surface area (Å²) in [6, 6.07) is 3.83.